The Hall–Kier alpha value is -2.62. The van der Waals surface area contributed by atoms with Crippen molar-refractivity contribution >= 4 is 13.8 Å². The summed E-state index contributed by atoms with van der Waals surface area (Å²) >= 11 is 0. The van der Waals surface area contributed by atoms with Crippen LogP contribution in [0.1, 0.15) is 206 Å². The summed E-state index contributed by atoms with van der Waals surface area (Å²) in [5.74, 6) is -0.399. The van der Waals surface area contributed by atoms with Gasteiger partial charge >= 0.3 is 13.8 Å². The third-order valence-corrected chi connectivity index (χ3v) is 11.7. The Morgan fingerprint density at radius 2 is 0.864 bits per heavy atom. The SMILES string of the molecule is CC/C=C\C/C=C\C/C=C\C/C=C\C/C=C\C/C=C\CCCCCOCC(COP(=O)(O)OCC(O)CO)OC(=O)CCCCCCCCCCCCC/C=C\C/C=C\CCCCCCC. The van der Waals surface area contributed by atoms with E-state index in [0.717, 1.165) is 89.9 Å². The highest BCUT2D eigenvalue weighted by Crippen LogP contribution is 2.43. The molecule has 0 aliphatic heterocycles. The van der Waals surface area contributed by atoms with E-state index in [1.165, 1.54) is 89.9 Å². The largest absolute Gasteiger partial charge is 0.472 e. The number of carbonyl (C=O) groups excluding carboxylic acids is 1. The molecule has 9 nitrogen and oxygen atoms in total. The highest BCUT2D eigenvalue weighted by molar-refractivity contribution is 7.47. The van der Waals surface area contributed by atoms with Gasteiger partial charge in [-0.2, -0.15) is 0 Å². The summed E-state index contributed by atoms with van der Waals surface area (Å²) in [6.07, 6.45) is 66.6. The Labute approximate surface area is 404 Å². The summed E-state index contributed by atoms with van der Waals surface area (Å²) in [6.45, 7) is 3.31. The molecule has 0 bridgehead atoms. The first-order valence-corrected chi connectivity index (χ1v) is 27.7. The Bertz CT molecular complexity index is 1350. The van der Waals surface area contributed by atoms with E-state index >= 15 is 0 Å². The maximum absolute atomic E-state index is 12.7. The van der Waals surface area contributed by atoms with Crippen molar-refractivity contribution in [3.05, 3.63) is 97.2 Å². The first kappa shape index (κ1) is 63.4. The minimum atomic E-state index is -4.54. The molecule has 0 aliphatic rings. The molecule has 0 rings (SSSR count). The molecule has 0 amide bonds. The van der Waals surface area contributed by atoms with Crippen LogP contribution in [0.15, 0.2) is 97.2 Å². The van der Waals surface area contributed by atoms with Crippen molar-refractivity contribution in [1.82, 2.24) is 0 Å². The second kappa shape index (κ2) is 51.8. The van der Waals surface area contributed by atoms with Crippen LogP contribution in [0.3, 0.4) is 0 Å². The van der Waals surface area contributed by atoms with Crippen LogP contribution in [-0.4, -0.2) is 66.3 Å². The smallest absolute Gasteiger partial charge is 0.457 e. The van der Waals surface area contributed by atoms with Gasteiger partial charge in [0, 0.05) is 13.0 Å². The predicted molar refractivity (Wildman–Crippen MR) is 278 cm³/mol. The van der Waals surface area contributed by atoms with Gasteiger partial charge in [0.15, 0.2) is 0 Å². The third kappa shape index (κ3) is 50.8. The number of hydrogen-bond acceptors (Lipinski definition) is 8. The molecular weight excluding hydrogens is 848 g/mol. The van der Waals surface area contributed by atoms with Crippen LogP contribution in [-0.2, 0) is 27.9 Å². The molecule has 0 radical (unpaired) electrons. The fourth-order valence-corrected chi connectivity index (χ4v) is 7.59. The number of ether oxygens (including phenoxy) is 2. The molecule has 0 aromatic rings. The lowest BCUT2D eigenvalue weighted by Gasteiger charge is -2.20. The number of aliphatic hydroxyl groups is 2. The van der Waals surface area contributed by atoms with Gasteiger partial charge in [-0.1, -0.05) is 201 Å². The molecule has 0 heterocycles. The van der Waals surface area contributed by atoms with Crippen molar-refractivity contribution < 1.29 is 43.0 Å². The van der Waals surface area contributed by atoms with Gasteiger partial charge in [-0.05, 0) is 96.3 Å². The van der Waals surface area contributed by atoms with Crippen molar-refractivity contribution in [2.24, 2.45) is 0 Å². The Morgan fingerprint density at radius 3 is 1.30 bits per heavy atom. The number of unbranched alkanes of at least 4 members (excludes halogenated alkanes) is 19. The van der Waals surface area contributed by atoms with E-state index in [0.29, 0.717) is 13.0 Å². The number of aliphatic hydroxyl groups excluding tert-OH is 2. The predicted octanol–water partition coefficient (Wildman–Crippen LogP) is 15.6. The first-order valence-electron chi connectivity index (χ1n) is 26.2. The minimum absolute atomic E-state index is 0.0203. The van der Waals surface area contributed by atoms with E-state index in [9.17, 15) is 19.4 Å². The van der Waals surface area contributed by atoms with E-state index in [1.807, 2.05) is 0 Å². The molecule has 3 atom stereocenters. The molecule has 380 valence electrons. The number of rotatable bonds is 49. The Morgan fingerprint density at radius 1 is 0.485 bits per heavy atom. The van der Waals surface area contributed by atoms with Crippen molar-refractivity contribution in [2.45, 2.75) is 219 Å². The zero-order valence-electron chi connectivity index (χ0n) is 41.9. The van der Waals surface area contributed by atoms with Crippen LogP contribution in [0.25, 0.3) is 0 Å². The van der Waals surface area contributed by atoms with Gasteiger partial charge in [0.25, 0.3) is 0 Å². The van der Waals surface area contributed by atoms with E-state index in [4.69, 9.17) is 23.6 Å². The summed E-state index contributed by atoms with van der Waals surface area (Å²) < 4.78 is 33.5. The normalized spacial score (nSPS) is 14.6. The minimum Gasteiger partial charge on any atom is -0.457 e. The summed E-state index contributed by atoms with van der Waals surface area (Å²) in [4.78, 5) is 22.7. The standard InChI is InChI=1S/C56H97O9P/c1-3-5-7-9-11-13-15-17-19-21-23-25-27-28-30-32-34-36-38-40-42-44-46-48-56(59)65-55(53-64-66(60,61)63-51-54(58)50-57)52-62-49-47-45-43-41-39-37-35-33-31-29-26-24-22-20-18-16-14-12-10-8-6-4-2/h6,8,12,14-15,17-18,20-21,23-24,26,31,33,37,39,54-55,57-58H,3-5,7,9-11,13,16,19,22,25,27-30,32,34-36,38,40-53H2,1-2H3,(H,60,61)/b8-6-,14-12-,17-15-,20-18-,23-21-,26-24-,33-31-,39-37-. The van der Waals surface area contributed by atoms with Crippen molar-refractivity contribution in [2.75, 3.05) is 33.0 Å². The van der Waals surface area contributed by atoms with Gasteiger partial charge in [0.05, 0.1) is 26.4 Å². The van der Waals surface area contributed by atoms with Gasteiger partial charge in [-0.15, -0.1) is 0 Å². The summed E-state index contributed by atoms with van der Waals surface area (Å²) in [7, 11) is -4.54. The lowest BCUT2D eigenvalue weighted by atomic mass is 10.0. The van der Waals surface area contributed by atoms with Gasteiger partial charge in [-0.3, -0.25) is 13.8 Å². The van der Waals surface area contributed by atoms with Crippen LogP contribution in [0.5, 0.6) is 0 Å². The van der Waals surface area contributed by atoms with E-state index in [1.54, 1.807) is 0 Å². The second-order valence-electron chi connectivity index (χ2n) is 17.2. The Balaban J connectivity index is 4.16. The molecule has 0 fully saturated rings. The fourth-order valence-electron chi connectivity index (χ4n) is 6.80. The highest BCUT2D eigenvalue weighted by Gasteiger charge is 2.26. The molecule has 0 aromatic carbocycles. The average Bonchev–Trinajstić information content (AvgIpc) is 3.31. The quantitative estimate of drug-likeness (QED) is 0.0236. The molecule has 66 heavy (non-hydrogen) atoms. The molecule has 0 saturated heterocycles. The zero-order chi connectivity index (χ0) is 48.1. The van der Waals surface area contributed by atoms with Gasteiger partial charge in [0.2, 0.25) is 0 Å². The van der Waals surface area contributed by atoms with Crippen molar-refractivity contribution in [1.29, 1.82) is 0 Å². The van der Waals surface area contributed by atoms with E-state index < -0.39 is 45.8 Å². The maximum atomic E-state index is 12.7. The molecule has 10 heteroatoms. The zero-order valence-corrected chi connectivity index (χ0v) is 42.8. The van der Waals surface area contributed by atoms with Crippen LogP contribution in [0.2, 0.25) is 0 Å². The van der Waals surface area contributed by atoms with Gasteiger partial charge in [0.1, 0.15) is 12.2 Å². The first-order chi connectivity index (χ1) is 32.3. The van der Waals surface area contributed by atoms with E-state index in [2.05, 4.69) is 111 Å². The van der Waals surface area contributed by atoms with E-state index in [-0.39, 0.29) is 13.0 Å². The fraction of sp³-hybridized carbons (Fsp3) is 0.696. The molecule has 0 saturated carbocycles. The number of carbonyl (C=O) groups is 1. The van der Waals surface area contributed by atoms with Crippen LogP contribution in [0, 0.1) is 0 Å². The molecule has 3 unspecified atom stereocenters. The van der Waals surface area contributed by atoms with Crippen molar-refractivity contribution in [3.8, 4) is 0 Å². The summed E-state index contributed by atoms with van der Waals surface area (Å²) in [5, 5.41) is 18.4. The number of hydrogen-bond donors (Lipinski definition) is 3. The van der Waals surface area contributed by atoms with Crippen molar-refractivity contribution in [3.63, 3.8) is 0 Å². The molecular formula is C56H97O9P. The Kier molecular flexibility index (Phi) is 49.7. The lowest BCUT2D eigenvalue weighted by molar-refractivity contribution is -0.154. The number of phosphoric ester groups is 1. The van der Waals surface area contributed by atoms with Crippen LogP contribution >= 0.6 is 7.82 Å². The van der Waals surface area contributed by atoms with Crippen LogP contribution in [0.4, 0.5) is 0 Å². The maximum Gasteiger partial charge on any atom is 0.472 e. The topological polar surface area (TPSA) is 132 Å². The van der Waals surface area contributed by atoms with Gasteiger partial charge in [-0.25, -0.2) is 4.57 Å². The lowest BCUT2D eigenvalue weighted by Crippen LogP contribution is -2.29. The monoisotopic (exact) mass is 945 g/mol. The summed E-state index contributed by atoms with van der Waals surface area (Å²) in [5.41, 5.74) is 0. The van der Waals surface area contributed by atoms with Crippen LogP contribution < -0.4 is 0 Å². The summed E-state index contributed by atoms with van der Waals surface area (Å²) in [6, 6.07) is 0. The molecule has 0 aromatic heterocycles. The average molecular weight is 945 g/mol. The van der Waals surface area contributed by atoms with Gasteiger partial charge < -0.3 is 24.6 Å². The molecule has 0 aliphatic carbocycles. The number of allylic oxidation sites excluding steroid dienone is 16. The third-order valence-electron chi connectivity index (χ3n) is 10.8. The highest BCUT2D eigenvalue weighted by atomic mass is 31.2. The second-order valence-corrected chi connectivity index (χ2v) is 18.6. The molecule has 0 spiro atoms. The molecule has 3 N–H and O–H groups in total. The number of esters is 1. The number of phosphoric acid groups is 1.